The number of esters is 1. The summed E-state index contributed by atoms with van der Waals surface area (Å²) in [6.45, 7) is 7.20. The van der Waals surface area contributed by atoms with Crippen molar-refractivity contribution in [2.24, 2.45) is 0 Å². The number of unbranched alkanes of at least 4 members (excludes halogenated alkanes) is 12. The molecule has 0 bridgehead atoms. The first kappa shape index (κ1) is 33.4. The van der Waals surface area contributed by atoms with E-state index in [-0.39, 0.29) is 12.1 Å². The van der Waals surface area contributed by atoms with Crippen molar-refractivity contribution in [3.05, 3.63) is 78.4 Å². The monoisotopic (exact) mass is 570 g/mol. The maximum Gasteiger partial charge on any atom is 0.306 e. The Morgan fingerprint density at radius 2 is 1.07 bits per heavy atom. The highest BCUT2D eigenvalue weighted by molar-refractivity contribution is 5.83. The lowest BCUT2D eigenvalue weighted by atomic mass is 9.94. The summed E-state index contributed by atoms with van der Waals surface area (Å²) in [4.78, 5) is 12.5. The van der Waals surface area contributed by atoms with Gasteiger partial charge in [0.2, 0.25) is 0 Å². The molecule has 3 aromatic rings. The maximum absolute atomic E-state index is 12.5. The molecule has 3 aromatic carbocycles. The molecule has 0 heterocycles. The van der Waals surface area contributed by atoms with Gasteiger partial charge in [-0.3, -0.25) is 4.79 Å². The third-order valence-corrected chi connectivity index (χ3v) is 8.09. The van der Waals surface area contributed by atoms with Crippen LogP contribution in [0.5, 0.6) is 5.75 Å². The molecular weight excluding hydrogens is 516 g/mol. The molecule has 0 aliphatic rings. The Bertz CT molecular complexity index is 1130. The van der Waals surface area contributed by atoms with Gasteiger partial charge in [0.25, 0.3) is 0 Å². The van der Waals surface area contributed by atoms with E-state index < -0.39 is 0 Å². The van der Waals surface area contributed by atoms with Crippen LogP contribution in [0.4, 0.5) is 0 Å². The molecule has 3 nitrogen and oxygen atoms in total. The SMILES string of the molecule is CCCCCCCCCCCCCC(=O)OC(C)c1ccc(-c2ccccc2-c2ccc(OCCCCC)cc2)cc1. The fraction of sp³-hybridized carbons (Fsp3) is 0.513. The van der Waals surface area contributed by atoms with Crippen LogP contribution >= 0.6 is 0 Å². The molecule has 0 spiro atoms. The van der Waals surface area contributed by atoms with Crippen LogP contribution in [0.25, 0.3) is 22.3 Å². The second-order valence-corrected chi connectivity index (χ2v) is 11.7. The van der Waals surface area contributed by atoms with E-state index in [1.807, 2.05) is 6.92 Å². The topological polar surface area (TPSA) is 35.5 Å². The zero-order valence-corrected chi connectivity index (χ0v) is 26.5. The van der Waals surface area contributed by atoms with E-state index in [9.17, 15) is 4.79 Å². The fourth-order valence-corrected chi connectivity index (χ4v) is 5.45. The van der Waals surface area contributed by atoms with Gasteiger partial charge < -0.3 is 9.47 Å². The van der Waals surface area contributed by atoms with E-state index in [0.29, 0.717) is 6.42 Å². The number of ether oxygens (including phenoxy) is 2. The molecule has 0 saturated heterocycles. The third-order valence-electron chi connectivity index (χ3n) is 8.09. The number of carbonyl (C=O) groups excluding carboxylic acids is 1. The molecule has 0 radical (unpaired) electrons. The molecule has 0 fully saturated rings. The quantitative estimate of drug-likeness (QED) is 0.0943. The molecular formula is C39H54O3. The van der Waals surface area contributed by atoms with Crippen molar-refractivity contribution in [2.75, 3.05) is 6.61 Å². The van der Waals surface area contributed by atoms with Gasteiger partial charge in [-0.15, -0.1) is 0 Å². The molecule has 1 unspecified atom stereocenters. The number of benzene rings is 3. The fourth-order valence-electron chi connectivity index (χ4n) is 5.45. The van der Waals surface area contributed by atoms with Crippen molar-refractivity contribution in [1.29, 1.82) is 0 Å². The Kier molecular flexibility index (Phi) is 15.9. The van der Waals surface area contributed by atoms with Gasteiger partial charge in [-0.05, 0) is 59.7 Å². The highest BCUT2D eigenvalue weighted by Gasteiger charge is 2.13. The van der Waals surface area contributed by atoms with Gasteiger partial charge in [-0.1, -0.05) is 152 Å². The highest BCUT2D eigenvalue weighted by Crippen LogP contribution is 2.34. The van der Waals surface area contributed by atoms with Crippen LogP contribution in [0.2, 0.25) is 0 Å². The normalized spacial score (nSPS) is 11.8. The lowest BCUT2D eigenvalue weighted by molar-refractivity contribution is -0.148. The van der Waals surface area contributed by atoms with Crippen molar-refractivity contribution in [2.45, 2.75) is 123 Å². The summed E-state index contributed by atoms with van der Waals surface area (Å²) in [6.07, 6.45) is 17.8. The van der Waals surface area contributed by atoms with E-state index in [2.05, 4.69) is 86.6 Å². The maximum atomic E-state index is 12.5. The van der Waals surface area contributed by atoms with Gasteiger partial charge in [0.1, 0.15) is 11.9 Å². The standard InChI is InChI=1S/C39H54O3/c1-4-6-8-9-10-11-12-13-14-15-16-22-39(40)42-32(3)33-23-25-34(26-24-33)37-20-17-18-21-38(37)35-27-29-36(30-28-35)41-31-19-7-5-2/h17-18,20-21,23-30,32H,4-16,19,22,31H2,1-3H3. The van der Waals surface area contributed by atoms with E-state index in [1.54, 1.807) is 0 Å². The van der Waals surface area contributed by atoms with Gasteiger partial charge in [-0.2, -0.15) is 0 Å². The Hall–Kier alpha value is -3.07. The van der Waals surface area contributed by atoms with Crippen LogP contribution in [-0.4, -0.2) is 12.6 Å². The molecule has 42 heavy (non-hydrogen) atoms. The molecule has 0 aliphatic carbocycles. The number of rotatable bonds is 21. The average molecular weight is 571 g/mol. The summed E-state index contributed by atoms with van der Waals surface area (Å²) in [5.74, 6) is 0.828. The Balaban J connectivity index is 1.43. The van der Waals surface area contributed by atoms with Crippen LogP contribution in [0.15, 0.2) is 72.8 Å². The molecule has 0 amide bonds. The first-order valence-electron chi connectivity index (χ1n) is 16.7. The van der Waals surface area contributed by atoms with E-state index in [0.717, 1.165) is 42.7 Å². The minimum absolute atomic E-state index is 0.0920. The summed E-state index contributed by atoms with van der Waals surface area (Å²) in [6, 6.07) is 25.3. The van der Waals surface area contributed by atoms with Gasteiger partial charge in [0, 0.05) is 6.42 Å². The van der Waals surface area contributed by atoms with Gasteiger partial charge in [0.15, 0.2) is 0 Å². The first-order chi connectivity index (χ1) is 20.6. The van der Waals surface area contributed by atoms with E-state index in [4.69, 9.17) is 9.47 Å². The van der Waals surface area contributed by atoms with Crippen LogP contribution in [0, 0.1) is 0 Å². The third kappa shape index (κ3) is 12.0. The smallest absolute Gasteiger partial charge is 0.306 e. The summed E-state index contributed by atoms with van der Waals surface area (Å²) < 4.78 is 11.7. The molecule has 0 aromatic heterocycles. The van der Waals surface area contributed by atoms with Crippen molar-refractivity contribution in [3.63, 3.8) is 0 Å². The predicted molar refractivity (Wildman–Crippen MR) is 178 cm³/mol. The summed E-state index contributed by atoms with van der Waals surface area (Å²) >= 11 is 0. The van der Waals surface area contributed by atoms with Crippen LogP contribution in [-0.2, 0) is 9.53 Å². The Morgan fingerprint density at radius 3 is 1.62 bits per heavy atom. The van der Waals surface area contributed by atoms with Crippen LogP contribution < -0.4 is 4.74 Å². The predicted octanol–water partition coefficient (Wildman–Crippen LogP) is 11.9. The summed E-state index contributed by atoms with van der Waals surface area (Å²) in [5, 5.41) is 0. The van der Waals surface area contributed by atoms with E-state index >= 15 is 0 Å². The molecule has 0 aliphatic heterocycles. The van der Waals surface area contributed by atoms with Crippen LogP contribution in [0.3, 0.4) is 0 Å². The minimum atomic E-state index is -0.251. The van der Waals surface area contributed by atoms with Crippen molar-refractivity contribution in [1.82, 2.24) is 0 Å². The second kappa shape index (κ2) is 19.9. The van der Waals surface area contributed by atoms with Crippen LogP contribution in [0.1, 0.15) is 129 Å². The molecule has 228 valence electrons. The number of carbonyl (C=O) groups is 1. The Morgan fingerprint density at radius 1 is 0.595 bits per heavy atom. The van der Waals surface area contributed by atoms with Gasteiger partial charge in [-0.25, -0.2) is 0 Å². The molecule has 0 saturated carbocycles. The van der Waals surface area contributed by atoms with Crippen molar-refractivity contribution >= 4 is 5.97 Å². The molecule has 3 heteroatoms. The zero-order valence-electron chi connectivity index (χ0n) is 26.5. The number of hydrogen-bond donors (Lipinski definition) is 0. The second-order valence-electron chi connectivity index (χ2n) is 11.7. The largest absolute Gasteiger partial charge is 0.494 e. The van der Waals surface area contributed by atoms with Crippen molar-refractivity contribution < 1.29 is 14.3 Å². The molecule has 0 N–H and O–H groups in total. The lowest BCUT2D eigenvalue weighted by Crippen LogP contribution is -2.08. The number of hydrogen-bond acceptors (Lipinski definition) is 3. The summed E-state index contributed by atoms with van der Waals surface area (Å²) in [5.41, 5.74) is 5.71. The minimum Gasteiger partial charge on any atom is -0.494 e. The van der Waals surface area contributed by atoms with Gasteiger partial charge in [0.05, 0.1) is 6.61 Å². The summed E-state index contributed by atoms with van der Waals surface area (Å²) in [7, 11) is 0. The van der Waals surface area contributed by atoms with Crippen molar-refractivity contribution in [3.8, 4) is 28.0 Å². The zero-order chi connectivity index (χ0) is 29.8. The van der Waals surface area contributed by atoms with E-state index in [1.165, 1.54) is 87.3 Å². The molecule has 3 rings (SSSR count). The van der Waals surface area contributed by atoms with Gasteiger partial charge >= 0.3 is 5.97 Å². The lowest BCUT2D eigenvalue weighted by Gasteiger charge is -2.15. The first-order valence-corrected chi connectivity index (χ1v) is 16.7. The Labute approximate surface area is 256 Å². The molecule has 1 atom stereocenters. The average Bonchev–Trinajstić information content (AvgIpc) is 3.02. The highest BCUT2D eigenvalue weighted by atomic mass is 16.5.